The predicted molar refractivity (Wildman–Crippen MR) is 83.0 cm³/mol. The van der Waals surface area contributed by atoms with E-state index in [9.17, 15) is 4.79 Å². The Morgan fingerprint density at radius 1 is 1.20 bits per heavy atom. The van der Waals surface area contributed by atoms with E-state index in [1.807, 2.05) is 30.3 Å². The quantitative estimate of drug-likeness (QED) is 0.880. The minimum absolute atomic E-state index is 0.301. The van der Waals surface area contributed by atoms with Crippen LogP contribution < -0.4 is 10.2 Å². The van der Waals surface area contributed by atoms with Gasteiger partial charge in [0.2, 0.25) is 0 Å². The summed E-state index contributed by atoms with van der Waals surface area (Å²) in [4.78, 5) is 13.3. The highest BCUT2D eigenvalue weighted by molar-refractivity contribution is 9.10. The van der Waals surface area contributed by atoms with Crippen molar-refractivity contribution in [2.45, 2.75) is 0 Å². The first-order chi connectivity index (χ1) is 9.65. The van der Waals surface area contributed by atoms with Crippen molar-refractivity contribution in [3.8, 4) is 0 Å². The van der Waals surface area contributed by atoms with Crippen LogP contribution in [0.1, 0.15) is 10.4 Å². The maximum atomic E-state index is 11.1. The Morgan fingerprint density at radius 2 is 1.95 bits per heavy atom. The van der Waals surface area contributed by atoms with Gasteiger partial charge in [0.25, 0.3) is 0 Å². The number of nitrogens with one attached hydrogen (secondary N) is 1. The summed E-state index contributed by atoms with van der Waals surface area (Å²) < 4.78 is 1.02. The highest BCUT2D eigenvalue weighted by Gasteiger charge is 2.19. The Kier molecular flexibility index (Phi) is 3.36. The number of carboxylic acid groups (broad SMARTS) is 1. The van der Waals surface area contributed by atoms with Crippen LogP contribution in [0.25, 0.3) is 0 Å². The molecule has 1 aliphatic rings. The van der Waals surface area contributed by atoms with E-state index in [1.165, 1.54) is 0 Å². The highest BCUT2D eigenvalue weighted by Crippen LogP contribution is 2.35. The van der Waals surface area contributed by atoms with Crippen molar-refractivity contribution in [1.82, 2.24) is 0 Å². The lowest BCUT2D eigenvalue weighted by Crippen LogP contribution is -2.30. The second kappa shape index (κ2) is 5.17. The highest BCUT2D eigenvalue weighted by atomic mass is 79.9. The SMILES string of the molecule is O=C(O)c1ccc2c(c1)N(c1ccc(Br)cc1)CCN2. The van der Waals surface area contributed by atoms with E-state index in [2.05, 4.69) is 26.1 Å². The van der Waals surface area contributed by atoms with Gasteiger partial charge in [0, 0.05) is 23.2 Å². The first-order valence-corrected chi connectivity index (χ1v) is 7.09. The lowest BCUT2D eigenvalue weighted by Gasteiger charge is -2.32. The molecule has 20 heavy (non-hydrogen) atoms. The number of halogens is 1. The summed E-state index contributed by atoms with van der Waals surface area (Å²) in [6.45, 7) is 1.63. The van der Waals surface area contributed by atoms with Gasteiger partial charge in [-0.3, -0.25) is 0 Å². The molecule has 0 bridgehead atoms. The molecule has 0 atom stereocenters. The normalized spacial score (nSPS) is 13.6. The molecule has 1 heterocycles. The molecular weight excluding hydrogens is 320 g/mol. The molecule has 102 valence electrons. The van der Waals surface area contributed by atoms with E-state index in [1.54, 1.807) is 12.1 Å². The Morgan fingerprint density at radius 3 is 2.65 bits per heavy atom. The average molecular weight is 333 g/mol. The van der Waals surface area contributed by atoms with E-state index in [0.717, 1.165) is 34.6 Å². The predicted octanol–water partition coefficient (Wildman–Crippen LogP) is 3.71. The number of benzene rings is 2. The lowest BCUT2D eigenvalue weighted by atomic mass is 10.1. The molecule has 0 saturated heterocycles. The molecule has 0 amide bonds. The molecule has 0 radical (unpaired) electrons. The second-order valence-electron chi connectivity index (χ2n) is 4.59. The van der Waals surface area contributed by atoms with Crippen LogP contribution in [0.3, 0.4) is 0 Å². The van der Waals surface area contributed by atoms with Gasteiger partial charge < -0.3 is 15.3 Å². The third kappa shape index (κ3) is 2.36. The van der Waals surface area contributed by atoms with Gasteiger partial charge in [0.1, 0.15) is 0 Å². The molecule has 2 aromatic carbocycles. The molecule has 0 saturated carbocycles. The molecule has 2 N–H and O–H groups in total. The Balaban J connectivity index is 2.06. The Hall–Kier alpha value is -2.01. The number of fused-ring (bicyclic) bond motifs is 1. The number of carbonyl (C=O) groups is 1. The van der Waals surface area contributed by atoms with E-state index >= 15 is 0 Å². The summed E-state index contributed by atoms with van der Waals surface area (Å²) in [5, 5.41) is 12.4. The summed E-state index contributed by atoms with van der Waals surface area (Å²) in [6, 6.07) is 13.2. The van der Waals surface area contributed by atoms with Gasteiger partial charge in [-0.1, -0.05) is 15.9 Å². The zero-order valence-corrected chi connectivity index (χ0v) is 12.2. The standard InChI is InChI=1S/C15H13BrN2O2/c16-11-2-4-12(5-3-11)18-8-7-17-13-6-1-10(15(19)20)9-14(13)18/h1-6,9,17H,7-8H2,(H,19,20). The van der Waals surface area contributed by atoms with Gasteiger partial charge in [-0.05, 0) is 42.5 Å². The van der Waals surface area contributed by atoms with Gasteiger partial charge in [-0.15, -0.1) is 0 Å². The number of anilines is 3. The third-order valence-electron chi connectivity index (χ3n) is 3.32. The lowest BCUT2D eigenvalue weighted by molar-refractivity contribution is 0.0697. The van der Waals surface area contributed by atoms with E-state index in [-0.39, 0.29) is 0 Å². The zero-order valence-electron chi connectivity index (χ0n) is 10.6. The fraction of sp³-hybridized carbons (Fsp3) is 0.133. The molecule has 0 aromatic heterocycles. The number of hydrogen-bond acceptors (Lipinski definition) is 3. The number of carboxylic acids is 1. The van der Waals surface area contributed by atoms with Crippen LogP contribution in [-0.4, -0.2) is 24.2 Å². The van der Waals surface area contributed by atoms with E-state index in [4.69, 9.17) is 5.11 Å². The first kappa shape index (κ1) is 13.0. The van der Waals surface area contributed by atoms with Gasteiger partial charge in [0.05, 0.1) is 16.9 Å². The monoisotopic (exact) mass is 332 g/mol. The van der Waals surface area contributed by atoms with Crippen molar-refractivity contribution in [3.05, 3.63) is 52.5 Å². The molecule has 5 heteroatoms. The number of hydrogen-bond donors (Lipinski definition) is 2. The van der Waals surface area contributed by atoms with Crippen LogP contribution in [-0.2, 0) is 0 Å². The van der Waals surface area contributed by atoms with Crippen LogP contribution in [0.2, 0.25) is 0 Å². The van der Waals surface area contributed by atoms with Crippen molar-refractivity contribution < 1.29 is 9.90 Å². The molecule has 0 aliphatic carbocycles. The zero-order chi connectivity index (χ0) is 14.1. The average Bonchev–Trinajstić information content (AvgIpc) is 2.47. The van der Waals surface area contributed by atoms with Crippen LogP contribution in [0.15, 0.2) is 46.9 Å². The second-order valence-corrected chi connectivity index (χ2v) is 5.51. The van der Waals surface area contributed by atoms with Gasteiger partial charge in [0.15, 0.2) is 0 Å². The van der Waals surface area contributed by atoms with Gasteiger partial charge >= 0.3 is 5.97 Å². The summed E-state index contributed by atoms with van der Waals surface area (Å²) in [6.07, 6.45) is 0. The van der Waals surface area contributed by atoms with Crippen molar-refractivity contribution >= 4 is 39.0 Å². The molecule has 2 aromatic rings. The van der Waals surface area contributed by atoms with Gasteiger partial charge in [-0.2, -0.15) is 0 Å². The number of aromatic carboxylic acids is 1. The van der Waals surface area contributed by atoms with Crippen LogP contribution in [0, 0.1) is 0 Å². The molecule has 0 spiro atoms. The summed E-state index contributed by atoms with van der Waals surface area (Å²) in [5.74, 6) is -0.908. The fourth-order valence-corrected chi connectivity index (χ4v) is 2.61. The summed E-state index contributed by atoms with van der Waals surface area (Å²) >= 11 is 3.42. The molecule has 1 aliphatic heterocycles. The minimum atomic E-state index is -0.908. The van der Waals surface area contributed by atoms with Crippen LogP contribution >= 0.6 is 15.9 Å². The molecule has 0 unspecified atom stereocenters. The molecule has 4 nitrogen and oxygen atoms in total. The third-order valence-corrected chi connectivity index (χ3v) is 3.85. The van der Waals surface area contributed by atoms with E-state index in [0.29, 0.717) is 5.56 Å². The molecular formula is C15H13BrN2O2. The number of rotatable bonds is 2. The Bertz CT molecular complexity index is 655. The molecule has 0 fully saturated rings. The summed E-state index contributed by atoms with van der Waals surface area (Å²) in [7, 11) is 0. The smallest absolute Gasteiger partial charge is 0.335 e. The van der Waals surface area contributed by atoms with Crippen molar-refractivity contribution in [1.29, 1.82) is 0 Å². The summed E-state index contributed by atoms with van der Waals surface area (Å²) in [5.41, 5.74) is 3.22. The topological polar surface area (TPSA) is 52.6 Å². The van der Waals surface area contributed by atoms with E-state index < -0.39 is 5.97 Å². The first-order valence-electron chi connectivity index (χ1n) is 6.29. The van der Waals surface area contributed by atoms with Crippen molar-refractivity contribution in [2.24, 2.45) is 0 Å². The minimum Gasteiger partial charge on any atom is -0.478 e. The van der Waals surface area contributed by atoms with Crippen LogP contribution in [0.4, 0.5) is 17.1 Å². The molecule has 3 rings (SSSR count). The maximum absolute atomic E-state index is 11.1. The largest absolute Gasteiger partial charge is 0.478 e. The Labute approximate surface area is 125 Å². The number of nitrogens with zero attached hydrogens (tertiary/aromatic N) is 1. The van der Waals surface area contributed by atoms with Crippen molar-refractivity contribution in [2.75, 3.05) is 23.3 Å². The van der Waals surface area contributed by atoms with Crippen molar-refractivity contribution in [3.63, 3.8) is 0 Å². The van der Waals surface area contributed by atoms with Gasteiger partial charge in [-0.25, -0.2) is 4.79 Å². The fourth-order valence-electron chi connectivity index (χ4n) is 2.35. The maximum Gasteiger partial charge on any atom is 0.335 e. The van der Waals surface area contributed by atoms with Crippen LogP contribution in [0.5, 0.6) is 0 Å².